The predicted molar refractivity (Wildman–Crippen MR) is 80.7 cm³/mol. The molecule has 0 aliphatic rings. The first-order chi connectivity index (χ1) is 8.81. The molecule has 0 spiro atoms. The third kappa shape index (κ3) is 3.44. The summed E-state index contributed by atoms with van der Waals surface area (Å²) in [7, 11) is 0. The normalized spacial score (nSPS) is 12.3. The molecule has 0 saturated heterocycles. The molecule has 0 fully saturated rings. The second kappa shape index (κ2) is 6.72. The largest absolute Gasteiger partial charge is 0.330 e. The zero-order chi connectivity index (χ0) is 12.8. The Hall–Kier alpha value is -1.12. The SMILES string of the molecule is NCC(CCc1ccccc1Br)c1ccccc1. The van der Waals surface area contributed by atoms with Gasteiger partial charge in [0.15, 0.2) is 0 Å². The lowest BCUT2D eigenvalue weighted by Crippen LogP contribution is -2.13. The van der Waals surface area contributed by atoms with Crippen molar-refractivity contribution in [3.05, 3.63) is 70.2 Å². The van der Waals surface area contributed by atoms with Crippen molar-refractivity contribution < 1.29 is 0 Å². The van der Waals surface area contributed by atoms with E-state index in [9.17, 15) is 0 Å². The molecule has 2 N–H and O–H groups in total. The van der Waals surface area contributed by atoms with Crippen LogP contribution in [-0.2, 0) is 6.42 Å². The second-order valence-electron chi connectivity index (χ2n) is 4.47. The average molecular weight is 304 g/mol. The van der Waals surface area contributed by atoms with Crippen LogP contribution in [0.2, 0.25) is 0 Å². The molecule has 18 heavy (non-hydrogen) atoms. The topological polar surface area (TPSA) is 26.0 Å². The Bertz CT molecular complexity index is 481. The van der Waals surface area contributed by atoms with Crippen LogP contribution < -0.4 is 5.73 Å². The first-order valence-electron chi connectivity index (χ1n) is 6.29. The van der Waals surface area contributed by atoms with E-state index >= 15 is 0 Å². The van der Waals surface area contributed by atoms with Crippen molar-refractivity contribution in [1.29, 1.82) is 0 Å². The first-order valence-corrected chi connectivity index (χ1v) is 7.09. The maximum absolute atomic E-state index is 5.90. The number of halogens is 1. The molecule has 0 radical (unpaired) electrons. The van der Waals surface area contributed by atoms with Gasteiger partial charge < -0.3 is 5.73 Å². The summed E-state index contributed by atoms with van der Waals surface area (Å²) in [5, 5.41) is 0. The smallest absolute Gasteiger partial charge is 0.0207 e. The number of nitrogens with two attached hydrogens (primary N) is 1. The van der Waals surface area contributed by atoms with Gasteiger partial charge in [-0.15, -0.1) is 0 Å². The summed E-state index contributed by atoms with van der Waals surface area (Å²) >= 11 is 3.59. The summed E-state index contributed by atoms with van der Waals surface area (Å²) in [5.41, 5.74) is 8.59. The minimum absolute atomic E-state index is 0.443. The molecular weight excluding hydrogens is 286 g/mol. The van der Waals surface area contributed by atoms with Crippen molar-refractivity contribution >= 4 is 15.9 Å². The van der Waals surface area contributed by atoms with Crippen LogP contribution in [0.5, 0.6) is 0 Å². The molecule has 2 aromatic carbocycles. The maximum atomic E-state index is 5.90. The van der Waals surface area contributed by atoms with E-state index in [1.807, 2.05) is 12.1 Å². The van der Waals surface area contributed by atoms with Gasteiger partial charge in [-0.05, 0) is 42.5 Å². The van der Waals surface area contributed by atoms with Gasteiger partial charge in [0.05, 0.1) is 0 Å². The van der Waals surface area contributed by atoms with E-state index < -0.39 is 0 Å². The molecule has 2 heteroatoms. The Kier molecular flexibility index (Phi) is 4.97. The number of hydrogen-bond acceptors (Lipinski definition) is 1. The molecule has 1 unspecified atom stereocenters. The quantitative estimate of drug-likeness (QED) is 0.883. The van der Waals surface area contributed by atoms with Crippen LogP contribution in [0.3, 0.4) is 0 Å². The van der Waals surface area contributed by atoms with Gasteiger partial charge in [-0.2, -0.15) is 0 Å². The molecule has 1 nitrogen and oxygen atoms in total. The van der Waals surface area contributed by atoms with Crippen LogP contribution in [-0.4, -0.2) is 6.54 Å². The van der Waals surface area contributed by atoms with Crippen LogP contribution in [0.15, 0.2) is 59.1 Å². The highest BCUT2D eigenvalue weighted by Gasteiger charge is 2.10. The fourth-order valence-electron chi connectivity index (χ4n) is 2.18. The number of hydrogen-bond donors (Lipinski definition) is 1. The molecule has 0 bridgehead atoms. The Balaban J connectivity index is 2.02. The van der Waals surface area contributed by atoms with Crippen LogP contribution in [0.1, 0.15) is 23.5 Å². The fraction of sp³-hybridized carbons (Fsp3) is 0.250. The molecule has 94 valence electrons. The highest BCUT2D eigenvalue weighted by molar-refractivity contribution is 9.10. The van der Waals surface area contributed by atoms with E-state index in [0.717, 1.165) is 12.8 Å². The van der Waals surface area contributed by atoms with E-state index in [2.05, 4.69) is 58.4 Å². The van der Waals surface area contributed by atoms with Gasteiger partial charge in [-0.3, -0.25) is 0 Å². The van der Waals surface area contributed by atoms with E-state index in [1.54, 1.807) is 0 Å². The highest BCUT2D eigenvalue weighted by Crippen LogP contribution is 2.23. The summed E-state index contributed by atoms with van der Waals surface area (Å²) < 4.78 is 1.19. The monoisotopic (exact) mass is 303 g/mol. The Labute approximate surface area is 117 Å². The van der Waals surface area contributed by atoms with Crippen molar-refractivity contribution in [2.75, 3.05) is 6.54 Å². The standard InChI is InChI=1S/C16H18BrN/c17-16-9-5-4-8-14(16)10-11-15(12-18)13-6-2-1-3-7-13/h1-9,15H,10-12,18H2. The van der Waals surface area contributed by atoms with E-state index in [-0.39, 0.29) is 0 Å². The molecule has 0 heterocycles. The summed E-state index contributed by atoms with van der Waals surface area (Å²) in [5.74, 6) is 0.443. The second-order valence-corrected chi connectivity index (χ2v) is 5.33. The summed E-state index contributed by atoms with van der Waals surface area (Å²) in [6, 6.07) is 18.9. The van der Waals surface area contributed by atoms with Gasteiger partial charge >= 0.3 is 0 Å². The van der Waals surface area contributed by atoms with Crippen LogP contribution in [0.4, 0.5) is 0 Å². The molecule has 2 rings (SSSR count). The zero-order valence-electron chi connectivity index (χ0n) is 10.4. The lowest BCUT2D eigenvalue weighted by atomic mass is 9.92. The molecule has 0 aliphatic carbocycles. The Morgan fingerprint density at radius 1 is 0.944 bits per heavy atom. The van der Waals surface area contributed by atoms with Gasteiger partial charge in [-0.1, -0.05) is 64.5 Å². The minimum Gasteiger partial charge on any atom is -0.330 e. The zero-order valence-corrected chi connectivity index (χ0v) is 11.9. The van der Waals surface area contributed by atoms with Gasteiger partial charge in [0, 0.05) is 4.47 Å². The summed E-state index contributed by atoms with van der Waals surface area (Å²) in [6.07, 6.45) is 2.14. The first kappa shape index (κ1) is 13.3. The van der Waals surface area contributed by atoms with Gasteiger partial charge in [0.1, 0.15) is 0 Å². The van der Waals surface area contributed by atoms with E-state index in [0.29, 0.717) is 12.5 Å². The molecule has 2 aromatic rings. The van der Waals surface area contributed by atoms with Crippen LogP contribution >= 0.6 is 15.9 Å². The van der Waals surface area contributed by atoms with Crippen LogP contribution in [0.25, 0.3) is 0 Å². The van der Waals surface area contributed by atoms with Crippen molar-refractivity contribution in [1.82, 2.24) is 0 Å². The molecule has 1 atom stereocenters. The fourth-order valence-corrected chi connectivity index (χ4v) is 2.66. The lowest BCUT2D eigenvalue weighted by molar-refractivity contribution is 0.633. The molecule has 0 amide bonds. The third-order valence-electron chi connectivity index (χ3n) is 3.28. The predicted octanol–water partition coefficient (Wildman–Crippen LogP) is 4.12. The Morgan fingerprint density at radius 2 is 1.61 bits per heavy atom. The van der Waals surface area contributed by atoms with E-state index in [4.69, 9.17) is 5.73 Å². The van der Waals surface area contributed by atoms with Crippen molar-refractivity contribution in [3.63, 3.8) is 0 Å². The van der Waals surface area contributed by atoms with E-state index in [1.165, 1.54) is 15.6 Å². The highest BCUT2D eigenvalue weighted by atomic mass is 79.9. The number of aryl methyl sites for hydroxylation is 1. The number of benzene rings is 2. The van der Waals surface area contributed by atoms with Crippen molar-refractivity contribution in [2.24, 2.45) is 5.73 Å². The molecule has 0 saturated carbocycles. The summed E-state index contributed by atoms with van der Waals surface area (Å²) in [6.45, 7) is 0.703. The average Bonchev–Trinajstić information content (AvgIpc) is 2.42. The maximum Gasteiger partial charge on any atom is 0.0207 e. The third-order valence-corrected chi connectivity index (χ3v) is 4.05. The lowest BCUT2D eigenvalue weighted by Gasteiger charge is -2.15. The Morgan fingerprint density at radius 3 is 2.28 bits per heavy atom. The molecule has 0 aromatic heterocycles. The van der Waals surface area contributed by atoms with Gasteiger partial charge in [0.2, 0.25) is 0 Å². The van der Waals surface area contributed by atoms with Crippen molar-refractivity contribution in [2.45, 2.75) is 18.8 Å². The number of rotatable bonds is 5. The summed E-state index contributed by atoms with van der Waals surface area (Å²) in [4.78, 5) is 0. The van der Waals surface area contributed by atoms with Gasteiger partial charge in [-0.25, -0.2) is 0 Å². The molecule has 0 aliphatic heterocycles. The van der Waals surface area contributed by atoms with Gasteiger partial charge in [0.25, 0.3) is 0 Å². The van der Waals surface area contributed by atoms with Crippen LogP contribution in [0, 0.1) is 0 Å². The minimum atomic E-state index is 0.443. The molecular formula is C16H18BrN. The van der Waals surface area contributed by atoms with Crippen molar-refractivity contribution in [3.8, 4) is 0 Å².